The zero-order valence-electron chi connectivity index (χ0n) is 17.6. The Kier molecular flexibility index (Phi) is 6.89. The largest absolute Gasteiger partial charge is 0.376 e. The first-order chi connectivity index (χ1) is 15.5. The van der Waals surface area contributed by atoms with Crippen LogP contribution in [0.3, 0.4) is 0 Å². The zero-order valence-corrected chi connectivity index (χ0v) is 17.6. The molecular formula is C25H26F3N3O. The van der Waals surface area contributed by atoms with Gasteiger partial charge in [0.15, 0.2) is 0 Å². The second-order valence-electron chi connectivity index (χ2n) is 8.08. The SMILES string of the molecule is NCC=Cc1c(F)ccc(F)c1[C@H]1CCCOC1[C@H](N)Cc1ccnc2ccc(F)cc12. The van der Waals surface area contributed by atoms with Crippen LogP contribution in [0.5, 0.6) is 0 Å². The Bertz CT molecular complexity index is 1130. The van der Waals surface area contributed by atoms with Crippen molar-refractivity contribution in [3.8, 4) is 0 Å². The van der Waals surface area contributed by atoms with E-state index in [4.69, 9.17) is 16.2 Å². The first-order valence-electron chi connectivity index (χ1n) is 10.7. The summed E-state index contributed by atoms with van der Waals surface area (Å²) in [5.74, 6) is -1.78. The first kappa shape index (κ1) is 22.5. The Morgan fingerprint density at radius 2 is 1.94 bits per heavy atom. The Labute approximate surface area is 185 Å². The van der Waals surface area contributed by atoms with Gasteiger partial charge in [0.1, 0.15) is 17.5 Å². The van der Waals surface area contributed by atoms with Crippen molar-refractivity contribution in [2.75, 3.05) is 13.2 Å². The molecular weight excluding hydrogens is 415 g/mol. The van der Waals surface area contributed by atoms with Gasteiger partial charge in [0.2, 0.25) is 0 Å². The molecule has 1 saturated heterocycles. The van der Waals surface area contributed by atoms with Gasteiger partial charge in [0, 0.05) is 47.8 Å². The van der Waals surface area contributed by atoms with Gasteiger partial charge < -0.3 is 16.2 Å². The van der Waals surface area contributed by atoms with Gasteiger partial charge in [0.25, 0.3) is 0 Å². The molecule has 3 aromatic rings. The molecule has 0 saturated carbocycles. The number of fused-ring (bicyclic) bond motifs is 1. The fraction of sp³-hybridized carbons (Fsp3) is 0.320. The molecule has 3 atom stereocenters. The fourth-order valence-electron chi connectivity index (χ4n) is 4.57. The van der Waals surface area contributed by atoms with Crippen LogP contribution in [0.25, 0.3) is 17.0 Å². The van der Waals surface area contributed by atoms with E-state index in [-0.39, 0.29) is 23.5 Å². The number of nitrogens with zero attached hydrogens (tertiary/aromatic N) is 1. The standard InChI is InChI=1S/C25H26F3N3O/c26-16-5-8-23-19(14-16)15(9-11-31-23)13-22(30)25-18(4-2-12-32-25)24-17(3-1-10-29)20(27)6-7-21(24)28/h1,3,5-9,11,14,18,22,25H,2,4,10,12-13,29-30H2/t18-,22-,25?/m1/s1. The van der Waals surface area contributed by atoms with Crippen LogP contribution in [-0.2, 0) is 11.2 Å². The molecule has 1 aromatic heterocycles. The maximum atomic E-state index is 15.0. The molecule has 0 amide bonds. The molecule has 168 valence electrons. The van der Waals surface area contributed by atoms with Crippen molar-refractivity contribution in [3.63, 3.8) is 0 Å². The van der Waals surface area contributed by atoms with Gasteiger partial charge in [-0.2, -0.15) is 0 Å². The molecule has 1 fully saturated rings. The second-order valence-corrected chi connectivity index (χ2v) is 8.08. The summed E-state index contributed by atoms with van der Waals surface area (Å²) in [6.45, 7) is 0.705. The van der Waals surface area contributed by atoms with Gasteiger partial charge in [-0.3, -0.25) is 4.98 Å². The van der Waals surface area contributed by atoms with E-state index in [0.717, 1.165) is 17.7 Å². The molecule has 32 heavy (non-hydrogen) atoms. The monoisotopic (exact) mass is 441 g/mol. The van der Waals surface area contributed by atoms with Gasteiger partial charge in [-0.15, -0.1) is 0 Å². The molecule has 1 unspecified atom stereocenters. The summed E-state index contributed by atoms with van der Waals surface area (Å²) in [7, 11) is 0. The predicted molar refractivity (Wildman–Crippen MR) is 120 cm³/mol. The summed E-state index contributed by atoms with van der Waals surface area (Å²) < 4.78 is 49.5. The highest BCUT2D eigenvalue weighted by Gasteiger charge is 2.35. The Morgan fingerprint density at radius 1 is 1.12 bits per heavy atom. The molecule has 4 rings (SSSR count). The third-order valence-electron chi connectivity index (χ3n) is 6.01. The van der Waals surface area contributed by atoms with Crippen LogP contribution in [0.1, 0.15) is 35.4 Å². The molecule has 7 heteroatoms. The van der Waals surface area contributed by atoms with Crippen LogP contribution >= 0.6 is 0 Å². The van der Waals surface area contributed by atoms with Crippen molar-refractivity contribution in [1.82, 2.24) is 4.98 Å². The minimum atomic E-state index is -0.526. The summed E-state index contributed by atoms with van der Waals surface area (Å²) in [6.07, 6.45) is 5.96. The van der Waals surface area contributed by atoms with Gasteiger partial charge in [-0.25, -0.2) is 13.2 Å². The van der Waals surface area contributed by atoms with Crippen molar-refractivity contribution in [3.05, 3.63) is 82.8 Å². The molecule has 1 aliphatic rings. The van der Waals surface area contributed by atoms with Crippen LogP contribution in [0, 0.1) is 17.5 Å². The average Bonchev–Trinajstić information content (AvgIpc) is 2.80. The molecule has 2 aromatic carbocycles. The summed E-state index contributed by atoms with van der Waals surface area (Å²) in [5, 5.41) is 0.679. The Morgan fingerprint density at radius 3 is 2.75 bits per heavy atom. The highest BCUT2D eigenvalue weighted by atomic mass is 19.1. The zero-order chi connectivity index (χ0) is 22.7. The number of hydrogen-bond acceptors (Lipinski definition) is 4. The minimum Gasteiger partial charge on any atom is -0.376 e. The van der Waals surface area contributed by atoms with E-state index in [1.54, 1.807) is 24.4 Å². The van der Waals surface area contributed by atoms with Crippen molar-refractivity contribution in [2.45, 2.75) is 37.3 Å². The van der Waals surface area contributed by atoms with Crippen LogP contribution in [0.4, 0.5) is 13.2 Å². The lowest BCUT2D eigenvalue weighted by atomic mass is 9.80. The molecule has 0 aliphatic carbocycles. The lowest BCUT2D eigenvalue weighted by molar-refractivity contribution is -0.0165. The number of hydrogen-bond donors (Lipinski definition) is 2. The Balaban J connectivity index is 1.69. The van der Waals surface area contributed by atoms with E-state index < -0.39 is 29.7 Å². The van der Waals surface area contributed by atoms with Crippen molar-refractivity contribution in [1.29, 1.82) is 0 Å². The molecule has 0 spiro atoms. The van der Waals surface area contributed by atoms with Crippen LogP contribution in [-0.4, -0.2) is 30.3 Å². The van der Waals surface area contributed by atoms with Gasteiger partial charge >= 0.3 is 0 Å². The van der Waals surface area contributed by atoms with Crippen molar-refractivity contribution >= 4 is 17.0 Å². The third-order valence-corrected chi connectivity index (χ3v) is 6.01. The topological polar surface area (TPSA) is 74.2 Å². The quantitative estimate of drug-likeness (QED) is 0.593. The molecule has 4 nitrogen and oxygen atoms in total. The summed E-state index contributed by atoms with van der Waals surface area (Å²) in [4.78, 5) is 4.28. The number of rotatable bonds is 6. The molecule has 2 heterocycles. The maximum Gasteiger partial charge on any atom is 0.130 e. The van der Waals surface area contributed by atoms with E-state index in [0.29, 0.717) is 36.8 Å². The lowest BCUT2D eigenvalue weighted by Crippen LogP contribution is -2.45. The second kappa shape index (κ2) is 9.81. The fourth-order valence-corrected chi connectivity index (χ4v) is 4.57. The minimum absolute atomic E-state index is 0.180. The van der Waals surface area contributed by atoms with Crippen LogP contribution in [0.15, 0.2) is 48.7 Å². The smallest absolute Gasteiger partial charge is 0.130 e. The van der Waals surface area contributed by atoms with Gasteiger partial charge in [-0.1, -0.05) is 12.2 Å². The van der Waals surface area contributed by atoms with Gasteiger partial charge in [0.05, 0.1) is 11.6 Å². The highest BCUT2D eigenvalue weighted by Crippen LogP contribution is 2.38. The molecule has 1 aliphatic heterocycles. The number of pyridine rings is 1. The van der Waals surface area contributed by atoms with E-state index >= 15 is 0 Å². The summed E-state index contributed by atoms with van der Waals surface area (Å²) in [5.41, 5.74) is 14.1. The van der Waals surface area contributed by atoms with E-state index in [9.17, 15) is 13.2 Å². The molecule has 0 bridgehead atoms. The third kappa shape index (κ3) is 4.55. The summed E-state index contributed by atoms with van der Waals surface area (Å²) >= 11 is 0. The van der Waals surface area contributed by atoms with Crippen LogP contribution in [0.2, 0.25) is 0 Å². The number of aromatic nitrogens is 1. The first-order valence-corrected chi connectivity index (χ1v) is 10.7. The van der Waals surface area contributed by atoms with E-state index in [2.05, 4.69) is 4.98 Å². The van der Waals surface area contributed by atoms with E-state index in [1.165, 1.54) is 18.2 Å². The van der Waals surface area contributed by atoms with Gasteiger partial charge in [-0.05, 0) is 61.2 Å². The van der Waals surface area contributed by atoms with Crippen molar-refractivity contribution < 1.29 is 17.9 Å². The normalized spacial score (nSPS) is 20.2. The highest BCUT2D eigenvalue weighted by molar-refractivity contribution is 5.82. The predicted octanol–water partition coefficient (Wildman–Crippen LogP) is 4.46. The van der Waals surface area contributed by atoms with Crippen molar-refractivity contribution in [2.24, 2.45) is 11.5 Å². The maximum absolute atomic E-state index is 15.0. The summed E-state index contributed by atoms with van der Waals surface area (Å²) in [6, 6.07) is 7.97. The average molecular weight is 441 g/mol. The molecule has 0 radical (unpaired) electrons. The number of nitrogens with two attached hydrogens (primary N) is 2. The Hall–Kier alpha value is -2.74. The lowest BCUT2D eigenvalue weighted by Gasteiger charge is -2.37. The number of benzene rings is 2. The molecule has 4 N–H and O–H groups in total. The number of halogens is 3. The van der Waals surface area contributed by atoms with Crippen LogP contribution < -0.4 is 11.5 Å². The number of ether oxygens (including phenoxy) is 1. The van der Waals surface area contributed by atoms with E-state index in [1.807, 2.05) is 0 Å².